The maximum absolute atomic E-state index is 4.50. The molecule has 0 spiro atoms. The fraction of sp³-hybridized carbons (Fsp3) is 0. The van der Waals surface area contributed by atoms with Gasteiger partial charge in [0.25, 0.3) is 0 Å². The quantitative estimate of drug-likeness (QED) is 0.528. The molecule has 0 bridgehead atoms. The number of nitrogens with zero attached hydrogens (tertiary/aromatic N) is 4. The number of nitrogens with one attached hydrogen (secondary N) is 1. The summed E-state index contributed by atoms with van der Waals surface area (Å²) in [5.41, 5.74) is 6.19. The van der Waals surface area contributed by atoms with Gasteiger partial charge in [-0.1, -0.05) is 6.07 Å². The first-order valence-corrected chi connectivity index (χ1v) is 7.97. The number of pyridine rings is 3. The molecule has 4 aromatic heterocycles. The summed E-state index contributed by atoms with van der Waals surface area (Å²) in [6.07, 6.45) is 9.11. The van der Waals surface area contributed by atoms with E-state index in [9.17, 15) is 0 Å². The first-order valence-electron chi connectivity index (χ1n) is 7.97. The monoisotopic (exact) mass is 323 g/mol. The van der Waals surface area contributed by atoms with Gasteiger partial charge in [-0.2, -0.15) is 5.10 Å². The lowest BCUT2D eigenvalue weighted by Crippen LogP contribution is -1.87. The standard InChI is InChI=1S/C20H13N5/c1-2-19-18(17(5-8-22-19)13-3-6-21-7-4-13)10-14(1)15-9-16-12-24-25-20(16)23-11-15/h1-12H,(H,23,24,25). The van der Waals surface area contributed by atoms with Crippen LogP contribution in [-0.2, 0) is 0 Å². The third kappa shape index (κ3) is 2.33. The zero-order valence-corrected chi connectivity index (χ0v) is 13.2. The Balaban J connectivity index is 1.72. The largest absolute Gasteiger partial charge is 0.265 e. The summed E-state index contributed by atoms with van der Waals surface area (Å²) >= 11 is 0. The number of aromatic nitrogens is 5. The fourth-order valence-electron chi connectivity index (χ4n) is 3.10. The Morgan fingerprint density at radius 2 is 1.64 bits per heavy atom. The molecule has 0 unspecified atom stereocenters. The highest BCUT2D eigenvalue weighted by molar-refractivity contribution is 5.97. The third-order valence-electron chi connectivity index (χ3n) is 4.36. The summed E-state index contributed by atoms with van der Waals surface area (Å²) in [6.45, 7) is 0. The normalized spacial score (nSPS) is 11.2. The van der Waals surface area contributed by atoms with Crippen molar-refractivity contribution in [1.82, 2.24) is 25.1 Å². The van der Waals surface area contributed by atoms with E-state index in [1.54, 1.807) is 6.20 Å². The van der Waals surface area contributed by atoms with E-state index in [4.69, 9.17) is 0 Å². The van der Waals surface area contributed by atoms with E-state index in [0.29, 0.717) is 0 Å². The minimum Gasteiger partial charge on any atom is -0.265 e. The van der Waals surface area contributed by atoms with Crippen LogP contribution in [0, 0.1) is 0 Å². The molecule has 5 rings (SSSR count). The smallest absolute Gasteiger partial charge is 0.155 e. The Kier molecular flexibility index (Phi) is 3.03. The van der Waals surface area contributed by atoms with Crippen LogP contribution in [0.5, 0.6) is 0 Å². The molecule has 5 aromatic rings. The van der Waals surface area contributed by atoms with Gasteiger partial charge in [0.1, 0.15) is 0 Å². The van der Waals surface area contributed by atoms with Gasteiger partial charge < -0.3 is 0 Å². The van der Waals surface area contributed by atoms with E-state index in [1.165, 1.54) is 0 Å². The van der Waals surface area contributed by atoms with Gasteiger partial charge in [0, 0.05) is 41.1 Å². The van der Waals surface area contributed by atoms with E-state index in [-0.39, 0.29) is 0 Å². The van der Waals surface area contributed by atoms with Crippen LogP contribution in [0.15, 0.2) is 73.4 Å². The van der Waals surface area contributed by atoms with E-state index in [0.717, 1.165) is 44.2 Å². The predicted octanol–water partition coefficient (Wildman–Crippen LogP) is 4.24. The second-order valence-corrected chi connectivity index (χ2v) is 5.86. The van der Waals surface area contributed by atoms with Crippen LogP contribution in [0.25, 0.3) is 44.2 Å². The second kappa shape index (κ2) is 5.49. The summed E-state index contributed by atoms with van der Waals surface area (Å²) in [7, 11) is 0. The number of rotatable bonds is 2. The average molecular weight is 323 g/mol. The van der Waals surface area contributed by atoms with Gasteiger partial charge in [-0.15, -0.1) is 0 Å². The number of benzene rings is 1. The molecule has 0 saturated carbocycles. The van der Waals surface area contributed by atoms with Gasteiger partial charge in [0.2, 0.25) is 0 Å². The first-order chi connectivity index (χ1) is 12.4. The van der Waals surface area contributed by atoms with Crippen LogP contribution in [0.3, 0.4) is 0 Å². The highest BCUT2D eigenvalue weighted by Crippen LogP contribution is 2.31. The molecule has 0 radical (unpaired) electrons. The van der Waals surface area contributed by atoms with E-state index in [2.05, 4.69) is 49.4 Å². The van der Waals surface area contributed by atoms with Crippen molar-refractivity contribution in [2.45, 2.75) is 0 Å². The minimum absolute atomic E-state index is 0.795. The molecule has 0 atom stereocenters. The van der Waals surface area contributed by atoms with Crippen LogP contribution in [0.4, 0.5) is 0 Å². The van der Waals surface area contributed by atoms with Gasteiger partial charge in [-0.25, -0.2) is 4.98 Å². The Morgan fingerprint density at radius 3 is 2.56 bits per heavy atom. The number of fused-ring (bicyclic) bond motifs is 2. The maximum Gasteiger partial charge on any atom is 0.155 e. The molecular weight excluding hydrogens is 310 g/mol. The highest BCUT2D eigenvalue weighted by atomic mass is 15.1. The molecule has 5 nitrogen and oxygen atoms in total. The van der Waals surface area contributed by atoms with Crippen molar-refractivity contribution in [2.24, 2.45) is 0 Å². The molecule has 0 amide bonds. The molecule has 4 heterocycles. The van der Waals surface area contributed by atoms with E-state index in [1.807, 2.05) is 43.0 Å². The van der Waals surface area contributed by atoms with Crippen molar-refractivity contribution < 1.29 is 0 Å². The van der Waals surface area contributed by atoms with Crippen molar-refractivity contribution in [1.29, 1.82) is 0 Å². The van der Waals surface area contributed by atoms with E-state index >= 15 is 0 Å². The molecule has 25 heavy (non-hydrogen) atoms. The number of hydrogen-bond acceptors (Lipinski definition) is 4. The van der Waals surface area contributed by atoms with Gasteiger partial charge in [0.05, 0.1) is 11.7 Å². The maximum atomic E-state index is 4.50. The summed E-state index contributed by atoms with van der Waals surface area (Å²) in [6, 6.07) is 14.5. The van der Waals surface area contributed by atoms with E-state index < -0.39 is 0 Å². The zero-order valence-electron chi connectivity index (χ0n) is 13.2. The third-order valence-corrected chi connectivity index (χ3v) is 4.36. The molecule has 0 aliphatic rings. The topological polar surface area (TPSA) is 67.3 Å². The highest BCUT2D eigenvalue weighted by Gasteiger charge is 2.08. The molecule has 5 heteroatoms. The molecule has 0 fully saturated rings. The minimum atomic E-state index is 0.795. The predicted molar refractivity (Wildman–Crippen MR) is 97.9 cm³/mol. The van der Waals surface area contributed by atoms with Gasteiger partial charge in [0.15, 0.2) is 5.65 Å². The lowest BCUT2D eigenvalue weighted by Gasteiger charge is -2.08. The van der Waals surface area contributed by atoms with Gasteiger partial charge >= 0.3 is 0 Å². The molecule has 118 valence electrons. The molecule has 0 saturated heterocycles. The van der Waals surface area contributed by atoms with Crippen molar-refractivity contribution in [3.63, 3.8) is 0 Å². The SMILES string of the molecule is c1cc(-c2ccnc3ccc(-c4cnc5[nH]ncc5c4)cc23)ccn1. The summed E-state index contributed by atoms with van der Waals surface area (Å²) in [4.78, 5) is 13.0. The Hall–Kier alpha value is -3.60. The van der Waals surface area contributed by atoms with Crippen molar-refractivity contribution in [2.75, 3.05) is 0 Å². The van der Waals surface area contributed by atoms with Crippen molar-refractivity contribution in [3.05, 3.63) is 73.4 Å². The Bertz CT molecular complexity index is 1190. The first kappa shape index (κ1) is 13.8. The summed E-state index contributed by atoms with van der Waals surface area (Å²) in [5.74, 6) is 0. The van der Waals surface area contributed by atoms with Crippen LogP contribution in [-0.4, -0.2) is 25.1 Å². The summed E-state index contributed by atoms with van der Waals surface area (Å²) in [5, 5.41) is 9.03. The molecule has 0 aliphatic carbocycles. The van der Waals surface area contributed by atoms with Crippen LogP contribution >= 0.6 is 0 Å². The summed E-state index contributed by atoms with van der Waals surface area (Å²) < 4.78 is 0. The zero-order chi connectivity index (χ0) is 16.6. The van der Waals surface area contributed by atoms with Crippen molar-refractivity contribution in [3.8, 4) is 22.3 Å². The van der Waals surface area contributed by atoms with Crippen LogP contribution in [0.1, 0.15) is 0 Å². The molecule has 0 aliphatic heterocycles. The Labute approximate surface area is 143 Å². The lowest BCUT2D eigenvalue weighted by molar-refractivity contribution is 1.10. The lowest BCUT2D eigenvalue weighted by atomic mass is 9.98. The van der Waals surface area contributed by atoms with Gasteiger partial charge in [-0.05, 0) is 53.1 Å². The van der Waals surface area contributed by atoms with Crippen LogP contribution < -0.4 is 0 Å². The molecule has 1 N–H and O–H groups in total. The molecular formula is C20H13N5. The fourth-order valence-corrected chi connectivity index (χ4v) is 3.10. The second-order valence-electron chi connectivity index (χ2n) is 5.86. The van der Waals surface area contributed by atoms with Gasteiger partial charge in [-0.3, -0.25) is 15.1 Å². The van der Waals surface area contributed by atoms with Crippen LogP contribution in [0.2, 0.25) is 0 Å². The van der Waals surface area contributed by atoms with Crippen molar-refractivity contribution >= 4 is 21.9 Å². The number of hydrogen-bond donors (Lipinski definition) is 1. The number of aromatic amines is 1. The Morgan fingerprint density at radius 1 is 0.720 bits per heavy atom. The number of H-pyrrole nitrogens is 1. The average Bonchev–Trinajstić information content (AvgIpc) is 3.15. The molecule has 1 aromatic carbocycles.